The molecule has 0 N–H and O–H groups in total. The van der Waals surface area contributed by atoms with E-state index in [1.165, 1.54) is 0 Å². The molecule has 0 heterocycles. The first-order chi connectivity index (χ1) is 5.88. The molecule has 1 atom stereocenters. The lowest BCUT2D eigenvalue weighted by Gasteiger charge is -2.32. The zero-order chi connectivity index (χ0) is 10.5. The monoisotopic (exact) mass is 198 g/mol. The summed E-state index contributed by atoms with van der Waals surface area (Å²) in [6.07, 6.45) is 7.40. The van der Waals surface area contributed by atoms with Crippen LogP contribution in [0.1, 0.15) is 33.6 Å². The lowest BCUT2D eigenvalue weighted by Crippen LogP contribution is -2.33. The maximum Gasteiger partial charge on any atom is 0.171 e. The molecule has 0 bridgehead atoms. The second-order valence-electron chi connectivity index (χ2n) is 4.78. The summed E-state index contributed by atoms with van der Waals surface area (Å²) in [4.78, 5) is 0. The SMILES string of the molecule is C#CCCC(O[SiH](C)C)C(C)(C)C. The fourth-order valence-electron chi connectivity index (χ4n) is 1.25. The van der Waals surface area contributed by atoms with E-state index >= 15 is 0 Å². The van der Waals surface area contributed by atoms with Gasteiger partial charge in [0.1, 0.15) is 0 Å². The van der Waals surface area contributed by atoms with Crippen LogP contribution < -0.4 is 0 Å². The van der Waals surface area contributed by atoms with E-state index in [2.05, 4.69) is 39.8 Å². The van der Waals surface area contributed by atoms with Crippen LogP contribution in [-0.4, -0.2) is 15.1 Å². The number of hydrogen-bond acceptors (Lipinski definition) is 1. The first-order valence-electron chi connectivity index (χ1n) is 4.97. The van der Waals surface area contributed by atoms with Crippen LogP contribution in [0.4, 0.5) is 0 Å². The average molecular weight is 198 g/mol. The summed E-state index contributed by atoms with van der Waals surface area (Å²) in [5.41, 5.74) is 0.216. The van der Waals surface area contributed by atoms with Crippen molar-refractivity contribution < 1.29 is 4.43 Å². The Labute approximate surface area is 84.6 Å². The molecule has 0 spiro atoms. The molecule has 0 amide bonds. The highest BCUT2D eigenvalue weighted by atomic mass is 28.3. The van der Waals surface area contributed by atoms with Crippen LogP contribution in [0.15, 0.2) is 0 Å². The molecule has 0 aromatic heterocycles. The standard InChI is InChI=1S/C11H22OSi/c1-7-8-9-10(11(2,3)4)12-13(5)6/h1,10,13H,8-9H2,2-6H3. The lowest BCUT2D eigenvalue weighted by molar-refractivity contribution is 0.0799. The molecule has 0 saturated carbocycles. The van der Waals surface area contributed by atoms with Gasteiger partial charge in [-0.15, -0.1) is 12.3 Å². The van der Waals surface area contributed by atoms with Gasteiger partial charge in [-0.25, -0.2) is 0 Å². The van der Waals surface area contributed by atoms with Crippen LogP contribution in [-0.2, 0) is 4.43 Å². The summed E-state index contributed by atoms with van der Waals surface area (Å²) in [5, 5.41) is 0. The third kappa shape index (κ3) is 5.90. The summed E-state index contributed by atoms with van der Waals surface area (Å²) in [7, 11) is -0.939. The predicted molar refractivity (Wildman–Crippen MR) is 61.3 cm³/mol. The Hall–Kier alpha value is -0.263. The molecule has 0 aromatic carbocycles. The van der Waals surface area contributed by atoms with Gasteiger partial charge < -0.3 is 4.43 Å². The molecular weight excluding hydrogens is 176 g/mol. The molecule has 0 aliphatic carbocycles. The van der Waals surface area contributed by atoms with Crippen LogP contribution in [0.25, 0.3) is 0 Å². The fraction of sp³-hybridized carbons (Fsp3) is 0.818. The van der Waals surface area contributed by atoms with Crippen LogP contribution in [0.2, 0.25) is 13.1 Å². The Morgan fingerprint density at radius 2 is 1.92 bits per heavy atom. The summed E-state index contributed by atoms with van der Waals surface area (Å²) >= 11 is 0. The summed E-state index contributed by atoms with van der Waals surface area (Å²) in [5.74, 6) is 2.68. The molecule has 0 rings (SSSR count). The van der Waals surface area contributed by atoms with Gasteiger partial charge in [0.25, 0.3) is 0 Å². The Morgan fingerprint density at radius 3 is 2.23 bits per heavy atom. The van der Waals surface area contributed by atoms with Gasteiger partial charge >= 0.3 is 0 Å². The van der Waals surface area contributed by atoms with Crippen molar-refractivity contribution in [3.63, 3.8) is 0 Å². The van der Waals surface area contributed by atoms with E-state index < -0.39 is 9.04 Å². The first-order valence-corrected chi connectivity index (χ1v) is 7.75. The molecule has 2 heteroatoms. The zero-order valence-corrected chi connectivity index (χ0v) is 10.7. The van der Waals surface area contributed by atoms with Gasteiger partial charge in [0, 0.05) is 6.42 Å². The first kappa shape index (κ1) is 12.7. The van der Waals surface area contributed by atoms with Crippen molar-refractivity contribution in [2.75, 3.05) is 0 Å². The van der Waals surface area contributed by atoms with Gasteiger partial charge in [-0.3, -0.25) is 0 Å². The Kier molecular flexibility index (Phi) is 5.35. The van der Waals surface area contributed by atoms with Crippen molar-refractivity contribution in [3.8, 4) is 12.3 Å². The minimum atomic E-state index is -0.939. The third-order valence-corrected chi connectivity index (χ3v) is 2.83. The highest BCUT2D eigenvalue weighted by molar-refractivity contribution is 6.48. The minimum absolute atomic E-state index is 0.216. The largest absolute Gasteiger partial charge is 0.417 e. The topological polar surface area (TPSA) is 9.23 Å². The molecule has 13 heavy (non-hydrogen) atoms. The molecule has 0 aromatic rings. The van der Waals surface area contributed by atoms with Gasteiger partial charge in [0.15, 0.2) is 9.04 Å². The Bertz CT molecular complexity index is 174. The lowest BCUT2D eigenvalue weighted by atomic mass is 9.87. The predicted octanol–water partition coefficient (Wildman–Crippen LogP) is 2.81. The van der Waals surface area contributed by atoms with Crippen molar-refractivity contribution in [3.05, 3.63) is 0 Å². The van der Waals surface area contributed by atoms with Gasteiger partial charge in [-0.1, -0.05) is 20.8 Å². The van der Waals surface area contributed by atoms with E-state index in [9.17, 15) is 0 Å². The summed E-state index contributed by atoms with van der Waals surface area (Å²) in [6, 6.07) is 0. The molecule has 1 nitrogen and oxygen atoms in total. The highest BCUT2D eigenvalue weighted by Crippen LogP contribution is 2.26. The van der Waals surface area contributed by atoms with E-state index in [1.807, 2.05) is 0 Å². The maximum absolute atomic E-state index is 5.96. The zero-order valence-electron chi connectivity index (χ0n) is 9.55. The van der Waals surface area contributed by atoms with Crippen LogP contribution in [0.3, 0.4) is 0 Å². The molecule has 0 aliphatic rings. The quantitative estimate of drug-likeness (QED) is 0.498. The second-order valence-corrected chi connectivity index (χ2v) is 7.15. The normalized spacial score (nSPS) is 14.2. The second kappa shape index (κ2) is 5.46. The van der Waals surface area contributed by atoms with Crippen LogP contribution >= 0.6 is 0 Å². The van der Waals surface area contributed by atoms with E-state index in [4.69, 9.17) is 10.8 Å². The van der Waals surface area contributed by atoms with E-state index in [1.54, 1.807) is 0 Å². The van der Waals surface area contributed by atoms with E-state index in [-0.39, 0.29) is 5.41 Å². The minimum Gasteiger partial charge on any atom is -0.417 e. The molecule has 0 fully saturated rings. The smallest absolute Gasteiger partial charge is 0.171 e. The number of rotatable bonds is 4. The van der Waals surface area contributed by atoms with Crippen LogP contribution in [0.5, 0.6) is 0 Å². The van der Waals surface area contributed by atoms with Gasteiger partial charge in [0.2, 0.25) is 0 Å². The van der Waals surface area contributed by atoms with Crippen molar-refractivity contribution in [2.45, 2.75) is 52.8 Å². The van der Waals surface area contributed by atoms with Gasteiger partial charge in [-0.05, 0) is 24.9 Å². The summed E-state index contributed by atoms with van der Waals surface area (Å²) < 4.78 is 5.96. The molecular formula is C11H22OSi. The van der Waals surface area contributed by atoms with Crippen LogP contribution in [0, 0.1) is 17.8 Å². The summed E-state index contributed by atoms with van der Waals surface area (Å²) in [6.45, 7) is 11.0. The van der Waals surface area contributed by atoms with Gasteiger partial charge in [-0.2, -0.15) is 0 Å². The van der Waals surface area contributed by atoms with Crippen molar-refractivity contribution in [1.82, 2.24) is 0 Å². The fourth-order valence-corrected chi connectivity index (χ4v) is 2.45. The average Bonchev–Trinajstić information content (AvgIpc) is 1.95. The highest BCUT2D eigenvalue weighted by Gasteiger charge is 2.25. The maximum atomic E-state index is 5.96. The Morgan fingerprint density at radius 1 is 1.38 bits per heavy atom. The van der Waals surface area contributed by atoms with E-state index in [0.29, 0.717) is 6.10 Å². The van der Waals surface area contributed by atoms with Gasteiger partial charge in [0.05, 0.1) is 6.10 Å². The van der Waals surface area contributed by atoms with E-state index in [0.717, 1.165) is 12.8 Å². The number of hydrogen-bond donors (Lipinski definition) is 0. The molecule has 0 saturated heterocycles. The number of terminal acetylenes is 1. The third-order valence-electron chi connectivity index (χ3n) is 1.95. The van der Waals surface area contributed by atoms with Crippen molar-refractivity contribution >= 4 is 9.04 Å². The molecule has 1 unspecified atom stereocenters. The Balaban J connectivity index is 4.13. The molecule has 76 valence electrons. The molecule has 0 aliphatic heterocycles. The van der Waals surface area contributed by atoms with Crippen molar-refractivity contribution in [2.24, 2.45) is 5.41 Å². The van der Waals surface area contributed by atoms with Crippen molar-refractivity contribution in [1.29, 1.82) is 0 Å². The molecule has 0 radical (unpaired) electrons.